The number of benzene rings is 2. The minimum Gasteiger partial charge on any atom is -0.341 e. The number of carbonyl (C=O) groups is 1. The molecule has 2 aromatic rings. The van der Waals surface area contributed by atoms with E-state index in [0.29, 0.717) is 11.8 Å². The molecule has 0 N–H and O–H groups in total. The van der Waals surface area contributed by atoms with Crippen LogP contribution in [0.4, 0.5) is 0 Å². The van der Waals surface area contributed by atoms with Crippen molar-refractivity contribution in [2.45, 2.75) is 30.4 Å². The van der Waals surface area contributed by atoms with Crippen molar-refractivity contribution in [2.24, 2.45) is 11.8 Å². The summed E-state index contributed by atoms with van der Waals surface area (Å²) in [6, 6.07) is 20.4. The van der Waals surface area contributed by atoms with E-state index in [9.17, 15) is 4.79 Å². The Labute approximate surface area is 149 Å². The largest absolute Gasteiger partial charge is 0.341 e. The van der Waals surface area contributed by atoms with Crippen LogP contribution in [0.25, 0.3) is 0 Å². The molecule has 24 heavy (non-hydrogen) atoms. The van der Waals surface area contributed by atoms with Crippen LogP contribution in [0.2, 0.25) is 0 Å². The van der Waals surface area contributed by atoms with Gasteiger partial charge in [0.15, 0.2) is 0 Å². The van der Waals surface area contributed by atoms with Crippen molar-refractivity contribution in [1.29, 1.82) is 0 Å². The Morgan fingerprint density at radius 2 is 1.50 bits per heavy atom. The molecule has 3 rings (SSSR count). The second kappa shape index (κ2) is 7.89. The fourth-order valence-electron chi connectivity index (χ4n) is 3.53. The molecule has 3 heteroatoms. The average Bonchev–Trinajstić information content (AvgIpc) is 2.60. The molecule has 3 unspecified atom stereocenters. The lowest BCUT2D eigenvalue weighted by atomic mass is 9.91. The minimum atomic E-state index is -0.175. The molecule has 1 aliphatic heterocycles. The molecule has 1 aliphatic rings. The molecule has 1 heterocycles. The van der Waals surface area contributed by atoms with Gasteiger partial charge in [-0.2, -0.15) is 0 Å². The first-order valence-electron chi connectivity index (χ1n) is 8.69. The molecule has 0 aromatic heterocycles. The van der Waals surface area contributed by atoms with Crippen molar-refractivity contribution in [1.82, 2.24) is 4.90 Å². The van der Waals surface area contributed by atoms with E-state index in [-0.39, 0.29) is 11.2 Å². The van der Waals surface area contributed by atoms with Crippen molar-refractivity contribution in [2.75, 3.05) is 13.1 Å². The number of rotatable bonds is 4. The Hall–Kier alpha value is -1.74. The van der Waals surface area contributed by atoms with Gasteiger partial charge >= 0.3 is 0 Å². The lowest BCUT2D eigenvalue weighted by Gasteiger charge is -2.37. The Bertz CT molecular complexity index is 648. The molecule has 1 saturated heterocycles. The number of nitrogens with zero attached hydrogens (tertiary/aromatic N) is 1. The number of piperidine rings is 1. The van der Waals surface area contributed by atoms with Gasteiger partial charge in [0.2, 0.25) is 5.91 Å². The van der Waals surface area contributed by atoms with E-state index < -0.39 is 0 Å². The second-order valence-electron chi connectivity index (χ2n) is 6.91. The molecule has 126 valence electrons. The number of carbonyl (C=O) groups excluding carboxylic acids is 1. The summed E-state index contributed by atoms with van der Waals surface area (Å²) in [6.45, 7) is 6.25. The van der Waals surface area contributed by atoms with Crippen LogP contribution in [0.3, 0.4) is 0 Å². The molecule has 0 aliphatic carbocycles. The van der Waals surface area contributed by atoms with Crippen LogP contribution in [0.1, 0.15) is 31.1 Å². The lowest BCUT2D eigenvalue weighted by Crippen LogP contribution is -2.44. The predicted molar refractivity (Wildman–Crippen MR) is 101 cm³/mol. The van der Waals surface area contributed by atoms with Gasteiger partial charge in [-0.25, -0.2) is 0 Å². The summed E-state index contributed by atoms with van der Waals surface area (Å²) in [5.41, 5.74) is 1.09. The van der Waals surface area contributed by atoms with Crippen LogP contribution in [0.5, 0.6) is 0 Å². The molecule has 0 spiro atoms. The molecule has 0 bridgehead atoms. The summed E-state index contributed by atoms with van der Waals surface area (Å²) in [5.74, 6) is 1.40. The smallest absolute Gasteiger partial charge is 0.240 e. The maximum atomic E-state index is 13.3. The number of thioether (sulfide) groups is 1. The molecule has 2 aromatic carbocycles. The number of likely N-dealkylation sites (tertiary alicyclic amines) is 1. The zero-order valence-corrected chi connectivity index (χ0v) is 15.2. The average molecular weight is 340 g/mol. The van der Waals surface area contributed by atoms with Gasteiger partial charge in [-0.3, -0.25) is 4.79 Å². The molecule has 0 saturated carbocycles. The summed E-state index contributed by atoms with van der Waals surface area (Å²) in [4.78, 5) is 16.5. The van der Waals surface area contributed by atoms with E-state index in [4.69, 9.17) is 0 Å². The van der Waals surface area contributed by atoms with E-state index in [2.05, 4.69) is 43.0 Å². The molecule has 1 fully saturated rings. The molecule has 2 nitrogen and oxygen atoms in total. The minimum absolute atomic E-state index is 0.175. The zero-order valence-electron chi connectivity index (χ0n) is 14.4. The van der Waals surface area contributed by atoms with Crippen molar-refractivity contribution < 1.29 is 4.79 Å². The second-order valence-corrected chi connectivity index (χ2v) is 8.09. The monoisotopic (exact) mass is 339 g/mol. The molecular weight excluding hydrogens is 314 g/mol. The summed E-state index contributed by atoms with van der Waals surface area (Å²) >= 11 is 1.65. The van der Waals surface area contributed by atoms with Gasteiger partial charge < -0.3 is 4.90 Å². The molecule has 3 atom stereocenters. The third-order valence-electron chi connectivity index (χ3n) is 4.50. The maximum absolute atomic E-state index is 13.3. The first-order valence-corrected chi connectivity index (χ1v) is 9.57. The highest BCUT2D eigenvalue weighted by Gasteiger charge is 2.31. The van der Waals surface area contributed by atoms with E-state index in [1.807, 2.05) is 36.4 Å². The van der Waals surface area contributed by atoms with Crippen LogP contribution in [0, 0.1) is 11.8 Å². The standard InChI is InChI=1S/C21H25NOS/c1-16-13-17(2)15-22(14-16)21(23)20(18-9-5-3-6-10-18)24-19-11-7-4-8-12-19/h3-12,16-17,20H,13-15H2,1-2H3. The highest BCUT2D eigenvalue weighted by atomic mass is 32.2. The Morgan fingerprint density at radius 3 is 2.08 bits per heavy atom. The predicted octanol–water partition coefficient (Wildman–Crippen LogP) is 5.02. The molecular formula is C21H25NOS. The van der Waals surface area contributed by atoms with Crippen molar-refractivity contribution in [3.8, 4) is 0 Å². The quantitative estimate of drug-likeness (QED) is 0.729. The van der Waals surface area contributed by atoms with E-state index >= 15 is 0 Å². The van der Waals surface area contributed by atoms with Crippen molar-refractivity contribution in [3.63, 3.8) is 0 Å². The molecule has 1 amide bonds. The summed E-state index contributed by atoms with van der Waals surface area (Å²) < 4.78 is 0. The zero-order chi connectivity index (χ0) is 16.9. The summed E-state index contributed by atoms with van der Waals surface area (Å²) in [5, 5.41) is -0.175. The van der Waals surface area contributed by atoms with Gasteiger partial charge in [0.05, 0.1) is 0 Å². The normalized spacial score (nSPS) is 22.2. The number of hydrogen-bond donors (Lipinski definition) is 0. The van der Waals surface area contributed by atoms with Crippen LogP contribution < -0.4 is 0 Å². The van der Waals surface area contributed by atoms with Crippen LogP contribution in [-0.4, -0.2) is 23.9 Å². The molecule has 0 radical (unpaired) electrons. The Kier molecular flexibility index (Phi) is 5.62. The highest BCUT2D eigenvalue weighted by molar-refractivity contribution is 8.00. The number of hydrogen-bond acceptors (Lipinski definition) is 2. The van der Waals surface area contributed by atoms with Crippen molar-refractivity contribution in [3.05, 3.63) is 66.2 Å². The van der Waals surface area contributed by atoms with Crippen LogP contribution in [0.15, 0.2) is 65.6 Å². The van der Waals surface area contributed by atoms with Gasteiger partial charge in [0.25, 0.3) is 0 Å². The van der Waals surface area contributed by atoms with Gasteiger partial charge in [0.1, 0.15) is 5.25 Å². The SMILES string of the molecule is CC1CC(C)CN(C(=O)C(Sc2ccccc2)c2ccccc2)C1. The highest BCUT2D eigenvalue weighted by Crippen LogP contribution is 2.37. The lowest BCUT2D eigenvalue weighted by molar-refractivity contribution is -0.133. The maximum Gasteiger partial charge on any atom is 0.240 e. The van der Waals surface area contributed by atoms with E-state index in [1.54, 1.807) is 11.8 Å². The van der Waals surface area contributed by atoms with Gasteiger partial charge in [0, 0.05) is 18.0 Å². The van der Waals surface area contributed by atoms with Gasteiger partial charge in [-0.05, 0) is 36.0 Å². The van der Waals surface area contributed by atoms with Crippen molar-refractivity contribution >= 4 is 17.7 Å². The third kappa shape index (κ3) is 4.21. The number of amides is 1. The third-order valence-corrected chi connectivity index (χ3v) is 5.76. The fraction of sp³-hybridized carbons (Fsp3) is 0.381. The van der Waals surface area contributed by atoms with E-state index in [0.717, 1.165) is 23.5 Å². The van der Waals surface area contributed by atoms with Gasteiger partial charge in [-0.1, -0.05) is 62.4 Å². The summed E-state index contributed by atoms with van der Waals surface area (Å²) in [7, 11) is 0. The Balaban J connectivity index is 1.85. The Morgan fingerprint density at radius 1 is 0.958 bits per heavy atom. The first-order chi connectivity index (χ1) is 11.6. The van der Waals surface area contributed by atoms with Crippen LogP contribution in [-0.2, 0) is 4.79 Å². The topological polar surface area (TPSA) is 20.3 Å². The summed E-state index contributed by atoms with van der Waals surface area (Å²) in [6.07, 6.45) is 1.21. The van der Waals surface area contributed by atoms with E-state index in [1.165, 1.54) is 6.42 Å². The van der Waals surface area contributed by atoms with Gasteiger partial charge in [-0.15, -0.1) is 11.8 Å². The van der Waals surface area contributed by atoms with Crippen LogP contribution >= 0.6 is 11.8 Å². The fourth-order valence-corrected chi connectivity index (χ4v) is 4.66. The first kappa shape index (κ1) is 17.1.